The Hall–Kier alpha value is -1.86. The molecule has 0 spiro atoms. The van der Waals surface area contributed by atoms with Gasteiger partial charge in [0.2, 0.25) is 0 Å². The lowest BCUT2D eigenvalue weighted by atomic mass is 10.4. The van der Waals surface area contributed by atoms with Crippen LogP contribution in [0.2, 0.25) is 0 Å². The smallest absolute Gasteiger partial charge is 0.364 e. The summed E-state index contributed by atoms with van der Waals surface area (Å²) in [6.45, 7) is -1.21. The van der Waals surface area contributed by atoms with E-state index in [0.717, 1.165) is 0 Å². The van der Waals surface area contributed by atoms with Crippen molar-refractivity contribution in [3.63, 3.8) is 0 Å². The van der Waals surface area contributed by atoms with Gasteiger partial charge in [-0.25, -0.2) is 0 Å². The van der Waals surface area contributed by atoms with Crippen LogP contribution in [-0.4, -0.2) is 28.8 Å². The van der Waals surface area contributed by atoms with E-state index in [1.807, 2.05) is 5.32 Å². The molecule has 0 aromatic carbocycles. The Morgan fingerprint density at radius 3 is 2.47 bits per heavy atom. The van der Waals surface area contributed by atoms with Crippen molar-refractivity contribution >= 4 is 11.7 Å². The molecule has 1 aromatic rings. The molecule has 0 fully saturated rings. The van der Waals surface area contributed by atoms with Gasteiger partial charge < -0.3 is 11.1 Å². The highest BCUT2D eigenvalue weighted by atomic mass is 19.4. The molecule has 1 rings (SSSR count). The average Bonchev–Trinajstić information content (AvgIpc) is 2.14. The molecule has 0 aliphatic rings. The van der Waals surface area contributed by atoms with Gasteiger partial charge in [-0.3, -0.25) is 4.79 Å². The lowest BCUT2D eigenvalue weighted by Gasteiger charge is -2.07. The van der Waals surface area contributed by atoms with Crippen LogP contribution < -0.4 is 11.1 Å². The van der Waals surface area contributed by atoms with E-state index in [2.05, 4.69) is 10.2 Å². The summed E-state index contributed by atoms with van der Waals surface area (Å²) in [5.74, 6) is -0.859. The summed E-state index contributed by atoms with van der Waals surface area (Å²) in [4.78, 5) is 10.5. The van der Waals surface area contributed by atoms with Gasteiger partial charge in [0.25, 0.3) is 5.91 Å². The van der Waals surface area contributed by atoms with Crippen LogP contribution in [0.3, 0.4) is 0 Å². The van der Waals surface area contributed by atoms with E-state index in [9.17, 15) is 18.0 Å². The number of anilines is 1. The van der Waals surface area contributed by atoms with Gasteiger partial charge in [-0.1, -0.05) is 0 Å². The van der Waals surface area contributed by atoms with Crippen LogP contribution in [0.4, 0.5) is 19.0 Å². The number of primary amides is 1. The van der Waals surface area contributed by atoms with Crippen LogP contribution in [-0.2, 0) is 0 Å². The molecule has 0 atom stereocenters. The molecule has 0 bridgehead atoms. The number of nitrogens with two attached hydrogens (primary N) is 1. The van der Waals surface area contributed by atoms with Crippen molar-refractivity contribution in [1.82, 2.24) is 10.2 Å². The number of alkyl halides is 3. The predicted octanol–water partition coefficient (Wildman–Crippen LogP) is 0.550. The van der Waals surface area contributed by atoms with E-state index < -0.39 is 18.6 Å². The molecule has 15 heavy (non-hydrogen) atoms. The molecule has 82 valence electrons. The van der Waals surface area contributed by atoms with Crippen LogP contribution >= 0.6 is 0 Å². The second kappa shape index (κ2) is 4.11. The fourth-order valence-electron chi connectivity index (χ4n) is 0.749. The van der Waals surface area contributed by atoms with Gasteiger partial charge in [-0.05, 0) is 12.1 Å². The van der Waals surface area contributed by atoms with Gasteiger partial charge in [0.1, 0.15) is 12.4 Å². The number of nitrogens with zero attached hydrogens (tertiary/aromatic N) is 2. The summed E-state index contributed by atoms with van der Waals surface area (Å²) >= 11 is 0. The summed E-state index contributed by atoms with van der Waals surface area (Å²) < 4.78 is 35.3. The van der Waals surface area contributed by atoms with Crippen molar-refractivity contribution < 1.29 is 18.0 Å². The molecular weight excluding hydrogens is 213 g/mol. The second-order valence-corrected chi connectivity index (χ2v) is 2.64. The first-order valence-corrected chi connectivity index (χ1v) is 3.82. The Morgan fingerprint density at radius 1 is 1.40 bits per heavy atom. The van der Waals surface area contributed by atoms with E-state index in [0.29, 0.717) is 0 Å². The third-order valence-corrected chi connectivity index (χ3v) is 1.39. The first kappa shape index (κ1) is 11.2. The Balaban J connectivity index is 2.61. The number of carbonyl (C=O) groups excluding carboxylic acids is 1. The number of rotatable bonds is 3. The summed E-state index contributed by atoms with van der Waals surface area (Å²) in [6, 6.07) is 2.38. The topological polar surface area (TPSA) is 80.9 Å². The molecule has 0 radical (unpaired) electrons. The first-order chi connectivity index (χ1) is 6.88. The lowest BCUT2D eigenvalue weighted by Crippen LogP contribution is -2.22. The summed E-state index contributed by atoms with van der Waals surface area (Å²) in [7, 11) is 0. The van der Waals surface area contributed by atoms with Crippen molar-refractivity contribution in [1.29, 1.82) is 0 Å². The third kappa shape index (κ3) is 3.79. The highest BCUT2D eigenvalue weighted by Crippen LogP contribution is 2.14. The van der Waals surface area contributed by atoms with E-state index in [4.69, 9.17) is 5.73 Å². The highest BCUT2D eigenvalue weighted by Gasteiger charge is 2.26. The molecule has 3 N–H and O–H groups in total. The van der Waals surface area contributed by atoms with E-state index >= 15 is 0 Å². The molecular formula is C7H7F3N4O. The number of nitrogens with one attached hydrogen (secondary N) is 1. The predicted molar refractivity (Wildman–Crippen MR) is 45.1 cm³/mol. The number of amides is 1. The van der Waals surface area contributed by atoms with Crippen molar-refractivity contribution in [2.45, 2.75) is 6.18 Å². The minimum Gasteiger partial charge on any atom is -0.364 e. The largest absolute Gasteiger partial charge is 0.405 e. The zero-order valence-corrected chi connectivity index (χ0v) is 7.38. The zero-order chi connectivity index (χ0) is 11.5. The van der Waals surface area contributed by atoms with Crippen LogP contribution in [0, 0.1) is 0 Å². The van der Waals surface area contributed by atoms with E-state index in [-0.39, 0.29) is 11.5 Å². The van der Waals surface area contributed by atoms with Gasteiger partial charge in [0, 0.05) is 0 Å². The summed E-state index contributed by atoms with van der Waals surface area (Å²) in [5.41, 5.74) is 4.76. The average molecular weight is 220 g/mol. The monoisotopic (exact) mass is 220 g/mol. The fourth-order valence-corrected chi connectivity index (χ4v) is 0.749. The van der Waals surface area contributed by atoms with Crippen molar-refractivity contribution in [3.8, 4) is 0 Å². The zero-order valence-electron chi connectivity index (χ0n) is 7.38. The molecule has 0 aliphatic carbocycles. The van der Waals surface area contributed by atoms with Crippen LogP contribution in [0.5, 0.6) is 0 Å². The van der Waals surface area contributed by atoms with Gasteiger partial charge in [-0.2, -0.15) is 13.2 Å². The molecule has 0 saturated carbocycles. The number of halogens is 3. The molecule has 1 aromatic heterocycles. The Bertz CT molecular complexity index is 348. The summed E-state index contributed by atoms with van der Waals surface area (Å²) in [5, 5.41) is 8.67. The Labute approximate surface area is 82.5 Å². The van der Waals surface area contributed by atoms with Gasteiger partial charge in [-0.15, -0.1) is 10.2 Å². The molecule has 1 amide bonds. The maximum absolute atomic E-state index is 11.8. The SMILES string of the molecule is NC(=O)c1ccc(NCC(F)(F)F)nn1. The summed E-state index contributed by atoms with van der Waals surface area (Å²) in [6.07, 6.45) is -4.33. The molecule has 8 heteroatoms. The normalized spacial score (nSPS) is 11.1. The number of hydrogen-bond acceptors (Lipinski definition) is 4. The van der Waals surface area contributed by atoms with Crippen molar-refractivity contribution in [2.24, 2.45) is 5.73 Å². The minimum absolute atomic E-state index is 0.0719. The first-order valence-electron chi connectivity index (χ1n) is 3.82. The third-order valence-electron chi connectivity index (χ3n) is 1.39. The van der Waals surface area contributed by atoms with Crippen LogP contribution in [0.25, 0.3) is 0 Å². The standard InChI is InChI=1S/C7H7F3N4O/c8-7(9,10)3-12-5-2-1-4(6(11)15)13-14-5/h1-2H,3H2,(H2,11,15)(H,12,14). The molecule has 0 aliphatic heterocycles. The highest BCUT2D eigenvalue weighted by molar-refractivity contribution is 5.90. The molecule has 1 heterocycles. The second-order valence-electron chi connectivity index (χ2n) is 2.64. The van der Waals surface area contributed by atoms with Gasteiger partial charge in [0.05, 0.1) is 0 Å². The molecule has 5 nitrogen and oxygen atoms in total. The van der Waals surface area contributed by atoms with Crippen LogP contribution in [0.1, 0.15) is 10.5 Å². The Kier molecular flexibility index (Phi) is 3.08. The fraction of sp³-hybridized carbons (Fsp3) is 0.286. The molecule has 0 unspecified atom stereocenters. The lowest BCUT2D eigenvalue weighted by molar-refractivity contribution is -0.115. The van der Waals surface area contributed by atoms with E-state index in [1.165, 1.54) is 12.1 Å². The van der Waals surface area contributed by atoms with E-state index in [1.54, 1.807) is 0 Å². The van der Waals surface area contributed by atoms with Crippen LogP contribution in [0.15, 0.2) is 12.1 Å². The number of carbonyl (C=O) groups is 1. The Morgan fingerprint density at radius 2 is 2.07 bits per heavy atom. The van der Waals surface area contributed by atoms with Crippen molar-refractivity contribution in [2.75, 3.05) is 11.9 Å². The van der Waals surface area contributed by atoms with Crippen molar-refractivity contribution in [3.05, 3.63) is 17.8 Å². The maximum Gasteiger partial charge on any atom is 0.405 e. The number of hydrogen-bond donors (Lipinski definition) is 2. The molecule has 0 saturated heterocycles. The van der Waals surface area contributed by atoms with Gasteiger partial charge in [0.15, 0.2) is 5.69 Å². The quantitative estimate of drug-likeness (QED) is 0.779. The minimum atomic E-state index is -4.33. The van der Waals surface area contributed by atoms with Gasteiger partial charge >= 0.3 is 6.18 Å². The number of aromatic nitrogens is 2. The maximum atomic E-state index is 11.8.